The van der Waals surface area contributed by atoms with E-state index in [0.29, 0.717) is 11.1 Å². The van der Waals surface area contributed by atoms with E-state index >= 15 is 0 Å². The van der Waals surface area contributed by atoms with Gasteiger partial charge in [-0.2, -0.15) is 5.26 Å². The molecule has 1 atom stereocenters. The van der Waals surface area contributed by atoms with E-state index in [9.17, 15) is 20.0 Å². The monoisotopic (exact) mass is 255 g/mol. The van der Waals surface area contributed by atoms with Crippen molar-refractivity contribution in [2.45, 2.75) is 26.2 Å². The fourth-order valence-corrected chi connectivity index (χ4v) is 2.33. The Morgan fingerprint density at radius 2 is 2.05 bits per heavy atom. The van der Waals surface area contributed by atoms with Gasteiger partial charge in [0.1, 0.15) is 16.7 Å². The molecule has 96 valence electrons. The van der Waals surface area contributed by atoms with Gasteiger partial charge in [-0.1, -0.05) is 23.8 Å². The molecule has 0 bridgehead atoms. The van der Waals surface area contributed by atoms with Gasteiger partial charge in [0.25, 0.3) is 0 Å². The van der Waals surface area contributed by atoms with Gasteiger partial charge >= 0.3 is 0 Å². The largest absolute Gasteiger partial charge is 0.506 e. The number of Topliss-reactive ketones (excluding diaryl/α,β-unsaturated/α-hetero) is 2. The molecule has 0 unspecified atom stereocenters. The van der Waals surface area contributed by atoms with Gasteiger partial charge in [-0.05, 0) is 26.3 Å². The minimum absolute atomic E-state index is 0.291. The molecule has 4 nitrogen and oxygen atoms in total. The van der Waals surface area contributed by atoms with Crippen molar-refractivity contribution in [1.29, 1.82) is 5.26 Å². The van der Waals surface area contributed by atoms with Gasteiger partial charge in [0.2, 0.25) is 0 Å². The zero-order chi connectivity index (χ0) is 14.4. The van der Waals surface area contributed by atoms with Gasteiger partial charge in [0.05, 0.1) is 6.07 Å². The number of carbonyl (C=O) groups excluding carboxylic acids is 2. The van der Waals surface area contributed by atoms with Crippen molar-refractivity contribution in [3.05, 3.63) is 40.5 Å². The lowest BCUT2D eigenvalue weighted by molar-refractivity contribution is -0.122. The van der Waals surface area contributed by atoms with Crippen molar-refractivity contribution in [2.24, 2.45) is 0 Å². The number of fused-ring (bicyclic) bond motifs is 1. The SMILES string of the molecule is CC(=O)C1=C(O)c2ccc(C)cc2[C@](C)(C#N)C1=O. The number of nitrogens with zero attached hydrogens (tertiary/aromatic N) is 1. The number of nitriles is 1. The summed E-state index contributed by atoms with van der Waals surface area (Å²) in [4.78, 5) is 23.9. The Kier molecular flexibility index (Phi) is 2.78. The molecule has 0 fully saturated rings. The second-order valence-corrected chi connectivity index (χ2v) is 4.89. The van der Waals surface area contributed by atoms with Crippen LogP contribution in [-0.2, 0) is 15.0 Å². The third kappa shape index (κ3) is 1.66. The molecule has 1 aliphatic carbocycles. The fourth-order valence-electron chi connectivity index (χ4n) is 2.33. The van der Waals surface area contributed by atoms with Crippen LogP contribution in [0.5, 0.6) is 0 Å². The van der Waals surface area contributed by atoms with Gasteiger partial charge in [-0.15, -0.1) is 0 Å². The molecule has 0 spiro atoms. The highest BCUT2D eigenvalue weighted by molar-refractivity contribution is 6.29. The van der Waals surface area contributed by atoms with Crippen molar-refractivity contribution < 1.29 is 14.7 Å². The number of aryl methyl sites for hydroxylation is 1. The maximum atomic E-state index is 12.3. The molecule has 0 aliphatic heterocycles. The maximum Gasteiger partial charge on any atom is 0.194 e. The highest BCUT2D eigenvalue weighted by Gasteiger charge is 2.45. The zero-order valence-corrected chi connectivity index (χ0v) is 10.9. The van der Waals surface area contributed by atoms with Crippen LogP contribution in [0.25, 0.3) is 5.76 Å². The molecule has 0 saturated heterocycles. The summed E-state index contributed by atoms with van der Waals surface area (Å²) in [5.74, 6) is -1.51. The Balaban J connectivity index is 2.90. The Labute approximate surface area is 111 Å². The van der Waals surface area contributed by atoms with Gasteiger partial charge in [0.15, 0.2) is 11.6 Å². The molecule has 0 saturated carbocycles. The Morgan fingerprint density at radius 3 is 2.58 bits per heavy atom. The molecular formula is C15H13NO3. The molecule has 1 N–H and O–H groups in total. The first-order valence-electron chi connectivity index (χ1n) is 5.84. The van der Waals surface area contributed by atoms with Crippen LogP contribution in [-0.4, -0.2) is 16.7 Å². The summed E-state index contributed by atoms with van der Waals surface area (Å²) < 4.78 is 0. The molecule has 1 aromatic carbocycles. The topological polar surface area (TPSA) is 78.2 Å². The second kappa shape index (κ2) is 4.06. The van der Waals surface area contributed by atoms with E-state index in [2.05, 4.69) is 0 Å². The quantitative estimate of drug-likeness (QED) is 0.780. The van der Waals surface area contributed by atoms with Crippen LogP contribution in [0.15, 0.2) is 23.8 Å². The van der Waals surface area contributed by atoms with E-state index in [1.807, 2.05) is 13.0 Å². The zero-order valence-electron chi connectivity index (χ0n) is 10.9. The minimum atomic E-state index is -1.44. The predicted molar refractivity (Wildman–Crippen MR) is 69.4 cm³/mol. The number of carbonyl (C=O) groups is 2. The van der Waals surface area contributed by atoms with Crippen molar-refractivity contribution in [2.75, 3.05) is 0 Å². The summed E-state index contributed by atoms with van der Waals surface area (Å²) in [6.45, 7) is 4.52. The van der Waals surface area contributed by atoms with E-state index in [1.165, 1.54) is 13.8 Å². The lowest BCUT2D eigenvalue weighted by Crippen LogP contribution is -2.38. The molecule has 0 aromatic heterocycles. The summed E-state index contributed by atoms with van der Waals surface area (Å²) in [5.41, 5.74) is -0.0244. The van der Waals surface area contributed by atoms with Crippen LogP contribution >= 0.6 is 0 Å². The first kappa shape index (κ1) is 13.0. The molecule has 19 heavy (non-hydrogen) atoms. The molecule has 4 heteroatoms. The molecule has 2 rings (SSSR count). The van der Waals surface area contributed by atoms with Crippen LogP contribution in [0.1, 0.15) is 30.5 Å². The minimum Gasteiger partial charge on any atom is -0.506 e. The van der Waals surface area contributed by atoms with E-state index in [4.69, 9.17) is 0 Å². The van der Waals surface area contributed by atoms with Gasteiger partial charge in [-0.3, -0.25) is 9.59 Å². The molecular weight excluding hydrogens is 242 g/mol. The van der Waals surface area contributed by atoms with Crippen LogP contribution in [0.2, 0.25) is 0 Å². The summed E-state index contributed by atoms with van der Waals surface area (Å²) in [6, 6.07) is 7.06. The van der Waals surface area contributed by atoms with E-state index < -0.39 is 17.0 Å². The van der Waals surface area contributed by atoms with E-state index in [1.54, 1.807) is 18.2 Å². The van der Waals surface area contributed by atoms with Crippen molar-refractivity contribution in [3.63, 3.8) is 0 Å². The van der Waals surface area contributed by atoms with Crippen LogP contribution in [0.3, 0.4) is 0 Å². The molecule has 0 heterocycles. The first-order valence-corrected chi connectivity index (χ1v) is 5.84. The number of allylic oxidation sites excluding steroid dienone is 1. The molecule has 1 aromatic rings. The summed E-state index contributed by atoms with van der Waals surface area (Å²) in [5, 5.41) is 19.5. The number of hydrogen-bond acceptors (Lipinski definition) is 4. The highest BCUT2D eigenvalue weighted by atomic mass is 16.3. The number of aliphatic hydroxyl groups is 1. The summed E-state index contributed by atoms with van der Waals surface area (Å²) >= 11 is 0. The Morgan fingerprint density at radius 1 is 1.42 bits per heavy atom. The average molecular weight is 255 g/mol. The molecule has 0 amide bonds. The van der Waals surface area contributed by atoms with Gasteiger partial charge in [-0.25, -0.2) is 0 Å². The van der Waals surface area contributed by atoms with Crippen molar-refractivity contribution in [3.8, 4) is 6.07 Å². The van der Waals surface area contributed by atoms with E-state index in [0.717, 1.165) is 5.56 Å². The Hall–Kier alpha value is -2.41. The number of aliphatic hydroxyl groups excluding tert-OH is 1. The van der Waals surface area contributed by atoms with Gasteiger partial charge < -0.3 is 5.11 Å². The highest BCUT2D eigenvalue weighted by Crippen LogP contribution is 2.39. The fraction of sp³-hybridized carbons (Fsp3) is 0.267. The van der Waals surface area contributed by atoms with Crippen molar-refractivity contribution in [1.82, 2.24) is 0 Å². The smallest absolute Gasteiger partial charge is 0.194 e. The van der Waals surface area contributed by atoms with Crippen LogP contribution < -0.4 is 0 Å². The Bertz CT molecular complexity index is 679. The number of benzene rings is 1. The normalized spacial score (nSPS) is 21.9. The number of ketones is 2. The molecule has 0 radical (unpaired) electrons. The van der Waals surface area contributed by atoms with Crippen molar-refractivity contribution >= 4 is 17.3 Å². The first-order chi connectivity index (χ1) is 8.82. The average Bonchev–Trinajstić information content (AvgIpc) is 2.35. The standard InChI is InChI=1S/C15H13NO3/c1-8-4-5-10-11(6-8)15(3,7-16)14(19)12(9(2)17)13(10)18/h4-6,18H,1-3H3/t15-/m0/s1. The number of hydrogen-bond donors (Lipinski definition) is 1. The molecule has 1 aliphatic rings. The third-order valence-electron chi connectivity index (χ3n) is 3.46. The third-order valence-corrected chi connectivity index (χ3v) is 3.46. The maximum absolute atomic E-state index is 12.3. The number of rotatable bonds is 1. The predicted octanol–water partition coefficient (Wildman–Crippen LogP) is 2.22. The van der Waals surface area contributed by atoms with Crippen LogP contribution in [0, 0.1) is 18.3 Å². The lowest BCUT2D eigenvalue weighted by atomic mass is 9.69. The lowest BCUT2D eigenvalue weighted by Gasteiger charge is -2.29. The van der Waals surface area contributed by atoms with Crippen LogP contribution in [0.4, 0.5) is 0 Å². The summed E-state index contributed by atoms with van der Waals surface area (Å²) in [7, 11) is 0. The summed E-state index contributed by atoms with van der Waals surface area (Å²) in [6.07, 6.45) is 0. The van der Waals surface area contributed by atoms with E-state index in [-0.39, 0.29) is 11.3 Å². The van der Waals surface area contributed by atoms with Gasteiger partial charge in [0, 0.05) is 5.56 Å². The second-order valence-electron chi connectivity index (χ2n) is 4.89.